The Hall–Kier alpha value is -0.760. The van der Waals surface area contributed by atoms with Crippen LogP contribution in [0.3, 0.4) is 0 Å². The standard InChI is InChI=1S/C19H34N4O3.2ClH/c1-26-18(24)3-2-16-6-10-22(11-7-16)19(25)23-14-12-21(13-15-23)17-4-8-20-9-5-17;;/h16-17,20H,2-15H2,1H3;2*1H. The lowest BCUT2D eigenvalue weighted by molar-refractivity contribution is -0.141. The van der Waals surface area contributed by atoms with Gasteiger partial charge in [0.2, 0.25) is 0 Å². The van der Waals surface area contributed by atoms with Gasteiger partial charge in [-0.1, -0.05) is 0 Å². The summed E-state index contributed by atoms with van der Waals surface area (Å²) in [5.41, 5.74) is 0. The van der Waals surface area contributed by atoms with Gasteiger partial charge in [0.05, 0.1) is 7.11 Å². The average molecular weight is 439 g/mol. The predicted molar refractivity (Wildman–Crippen MR) is 114 cm³/mol. The third kappa shape index (κ3) is 6.94. The second kappa shape index (κ2) is 12.7. The molecule has 0 aromatic carbocycles. The van der Waals surface area contributed by atoms with E-state index in [1.807, 2.05) is 9.80 Å². The summed E-state index contributed by atoms with van der Waals surface area (Å²) >= 11 is 0. The van der Waals surface area contributed by atoms with E-state index < -0.39 is 0 Å². The molecule has 0 aromatic heterocycles. The van der Waals surface area contributed by atoms with Crippen molar-refractivity contribution in [2.45, 2.75) is 44.6 Å². The fourth-order valence-electron chi connectivity index (χ4n) is 4.49. The minimum atomic E-state index is -0.130. The quantitative estimate of drug-likeness (QED) is 0.679. The first-order chi connectivity index (χ1) is 12.7. The summed E-state index contributed by atoms with van der Waals surface area (Å²) in [5, 5.41) is 3.42. The van der Waals surface area contributed by atoms with Crippen LogP contribution in [0.25, 0.3) is 0 Å². The molecule has 0 unspecified atom stereocenters. The smallest absolute Gasteiger partial charge is 0.320 e. The highest BCUT2D eigenvalue weighted by atomic mass is 35.5. The van der Waals surface area contributed by atoms with Crippen LogP contribution in [-0.2, 0) is 9.53 Å². The number of nitrogens with one attached hydrogen (secondary N) is 1. The van der Waals surface area contributed by atoms with Crippen LogP contribution in [0, 0.1) is 5.92 Å². The van der Waals surface area contributed by atoms with Gasteiger partial charge >= 0.3 is 12.0 Å². The molecule has 3 saturated heterocycles. The van der Waals surface area contributed by atoms with Crippen molar-refractivity contribution in [1.29, 1.82) is 0 Å². The number of amides is 2. The van der Waals surface area contributed by atoms with Crippen LogP contribution in [0.2, 0.25) is 0 Å². The van der Waals surface area contributed by atoms with Crippen molar-refractivity contribution in [2.24, 2.45) is 5.92 Å². The number of hydrogen-bond donors (Lipinski definition) is 1. The minimum Gasteiger partial charge on any atom is -0.469 e. The fraction of sp³-hybridized carbons (Fsp3) is 0.895. The SMILES string of the molecule is COC(=O)CCC1CCN(C(=O)N2CCN(C3CCNCC3)CC2)CC1.Cl.Cl. The van der Waals surface area contributed by atoms with E-state index in [4.69, 9.17) is 4.74 Å². The fourth-order valence-corrected chi connectivity index (χ4v) is 4.49. The summed E-state index contributed by atoms with van der Waals surface area (Å²) in [6, 6.07) is 0.903. The van der Waals surface area contributed by atoms with Crippen molar-refractivity contribution in [3.05, 3.63) is 0 Å². The van der Waals surface area contributed by atoms with Crippen LogP contribution >= 0.6 is 24.8 Å². The summed E-state index contributed by atoms with van der Waals surface area (Å²) in [6.07, 6.45) is 5.83. The molecule has 0 bridgehead atoms. The predicted octanol–water partition coefficient (Wildman–Crippen LogP) is 1.98. The first-order valence-electron chi connectivity index (χ1n) is 10.2. The number of urea groups is 1. The molecule has 3 aliphatic rings. The van der Waals surface area contributed by atoms with Crippen molar-refractivity contribution >= 4 is 36.8 Å². The normalized spacial score (nSPS) is 22.2. The van der Waals surface area contributed by atoms with E-state index in [-0.39, 0.29) is 36.8 Å². The number of piperazine rings is 1. The van der Waals surface area contributed by atoms with Crippen LogP contribution in [0.15, 0.2) is 0 Å². The third-order valence-corrected chi connectivity index (χ3v) is 6.28. The van der Waals surface area contributed by atoms with Crippen LogP contribution < -0.4 is 5.32 Å². The molecule has 9 heteroatoms. The molecule has 1 N–H and O–H groups in total. The molecule has 0 saturated carbocycles. The van der Waals surface area contributed by atoms with Crippen LogP contribution in [-0.4, -0.2) is 92.2 Å². The van der Waals surface area contributed by atoms with Gasteiger partial charge in [-0.15, -0.1) is 24.8 Å². The molecule has 3 aliphatic heterocycles. The minimum absolute atomic E-state index is 0. The zero-order valence-corrected chi connectivity index (χ0v) is 18.6. The number of carbonyl (C=O) groups is 2. The molecule has 3 heterocycles. The van der Waals surface area contributed by atoms with Crippen molar-refractivity contribution in [1.82, 2.24) is 20.0 Å². The number of likely N-dealkylation sites (tertiary alicyclic amines) is 1. The molecule has 3 rings (SSSR count). The number of halogens is 2. The zero-order valence-electron chi connectivity index (χ0n) is 16.9. The van der Waals surface area contributed by atoms with Crippen LogP contribution in [0.1, 0.15) is 38.5 Å². The molecular weight excluding hydrogens is 403 g/mol. The molecule has 0 aliphatic carbocycles. The highest BCUT2D eigenvalue weighted by Crippen LogP contribution is 2.23. The Morgan fingerprint density at radius 1 is 0.893 bits per heavy atom. The maximum atomic E-state index is 12.8. The number of carbonyl (C=O) groups excluding carboxylic acids is 2. The lowest BCUT2D eigenvalue weighted by Crippen LogP contribution is -2.56. The number of hydrogen-bond acceptors (Lipinski definition) is 5. The van der Waals surface area contributed by atoms with E-state index in [1.165, 1.54) is 20.0 Å². The van der Waals surface area contributed by atoms with E-state index >= 15 is 0 Å². The first-order valence-corrected chi connectivity index (χ1v) is 10.2. The Balaban J connectivity index is 0.00000196. The Labute approximate surface area is 181 Å². The largest absolute Gasteiger partial charge is 0.469 e. The van der Waals surface area contributed by atoms with Crippen molar-refractivity contribution in [3.63, 3.8) is 0 Å². The summed E-state index contributed by atoms with van der Waals surface area (Å²) < 4.78 is 4.71. The van der Waals surface area contributed by atoms with E-state index in [0.29, 0.717) is 18.4 Å². The Kier molecular flexibility index (Phi) is 11.5. The van der Waals surface area contributed by atoms with E-state index in [9.17, 15) is 9.59 Å². The number of ether oxygens (including phenoxy) is 1. The zero-order chi connectivity index (χ0) is 18.4. The molecule has 28 heavy (non-hydrogen) atoms. The highest BCUT2D eigenvalue weighted by Gasteiger charge is 2.30. The lowest BCUT2D eigenvalue weighted by Gasteiger charge is -2.43. The number of methoxy groups -OCH3 is 1. The Morgan fingerprint density at radius 3 is 2.04 bits per heavy atom. The average Bonchev–Trinajstić information content (AvgIpc) is 2.72. The van der Waals surface area contributed by atoms with Crippen molar-refractivity contribution in [2.75, 3.05) is 59.5 Å². The maximum Gasteiger partial charge on any atom is 0.320 e. The highest BCUT2D eigenvalue weighted by molar-refractivity contribution is 5.85. The van der Waals surface area contributed by atoms with Crippen molar-refractivity contribution < 1.29 is 14.3 Å². The summed E-state index contributed by atoms with van der Waals surface area (Å²) in [7, 11) is 1.44. The van der Waals surface area contributed by atoms with Gasteiger partial charge < -0.3 is 19.9 Å². The van der Waals surface area contributed by atoms with Gasteiger partial charge in [0.15, 0.2) is 0 Å². The molecular formula is C19H36Cl2N4O3. The molecule has 0 radical (unpaired) electrons. The Bertz CT molecular complexity index is 476. The summed E-state index contributed by atoms with van der Waals surface area (Å²) in [5.74, 6) is 0.407. The van der Waals surface area contributed by atoms with Gasteiger partial charge in [0, 0.05) is 51.7 Å². The second-order valence-electron chi connectivity index (χ2n) is 7.83. The molecule has 0 atom stereocenters. The van der Waals surface area contributed by atoms with Gasteiger partial charge in [-0.3, -0.25) is 9.69 Å². The Morgan fingerprint density at radius 2 is 1.46 bits per heavy atom. The summed E-state index contributed by atoms with van der Waals surface area (Å²) in [4.78, 5) is 30.7. The molecule has 7 nitrogen and oxygen atoms in total. The second-order valence-corrected chi connectivity index (χ2v) is 7.83. The monoisotopic (exact) mass is 438 g/mol. The number of esters is 1. The number of piperidine rings is 2. The first kappa shape index (κ1) is 25.3. The topological polar surface area (TPSA) is 65.1 Å². The van der Waals surface area contributed by atoms with Crippen molar-refractivity contribution in [3.8, 4) is 0 Å². The van der Waals surface area contributed by atoms with Gasteiger partial charge in [-0.2, -0.15) is 0 Å². The van der Waals surface area contributed by atoms with Gasteiger partial charge in [-0.05, 0) is 51.1 Å². The maximum absolute atomic E-state index is 12.8. The van der Waals surface area contributed by atoms with Gasteiger partial charge in [-0.25, -0.2) is 4.79 Å². The van der Waals surface area contributed by atoms with Crippen LogP contribution in [0.5, 0.6) is 0 Å². The molecule has 3 fully saturated rings. The number of rotatable bonds is 4. The van der Waals surface area contributed by atoms with E-state index in [1.54, 1.807) is 0 Å². The van der Waals surface area contributed by atoms with Gasteiger partial charge in [0.25, 0.3) is 0 Å². The lowest BCUT2D eigenvalue weighted by atomic mass is 9.92. The number of nitrogens with zero attached hydrogens (tertiary/aromatic N) is 3. The van der Waals surface area contributed by atoms with Crippen LogP contribution in [0.4, 0.5) is 4.79 Å². The molecule has 2 amide bonds. The van der Waals surface area contributed by atoms with E-state index in [0.717, 1.165) is 71.6 Å². The summed E-state index contributed by atoms with van der Waals surface area (Å²) in [6.45, 7) is 7.59. The molecule has 164 valence electrons. The molecule has 0 aromatic rings. The van der Waals surface area contributed by atoms with Gasteiger partial charge in [0.1, 0.15) is 0 Å². The van der Waals surface area contributed by atoms with E-state index in [2.05, 4.69) is 10.2 Å². The third-order valence-electron chi connectivity index (χ3n) is 6.28. The molecule has 0 spiro atoms.